The molecule has 92 valence electrons. The van der Waals surface area contributed by atoms with Gasteiger partial charge in [0.2, 0.25) is 0 Å². The Labute approximate surface area is 101 Å². The Morgan fingerprint density at radius 1 is 1.41 bits per heavy atom. The third kappa shape index (κ3) is 3.17. The number of aromatic amines is 1. The number of aromatic nitrogens is 3. The third-order valence-electron chi connectivity index (χ3n) is 2.80. The Bertz CT molecular complexity index is 428. The predicted molar refractivity (Wildman–Crippen MR) is 64.6 cm³/mol. The number of rotatable bonds is 6. The summed E-state index contributed by atoms with van der Waals surface area (Å²) in [5.74, 6) is 1.95. The highest BCUT2D eigenvalue weighted by atomic mass is 16.5. The summed E-state index contributed by atoms with van der Waals surface area (Å²) in [7, 11) is 0. The molecule has 5 nitrogen and oxygen atoms in total. The Kier molecular flexibility index (Phi) is 3.93. The van der Waals surface area contributed by atoms with E-state index in [0.29, 0.717) is 0 Å². The fourth-order valence-corrected chi connectivity index (χ4v) is 1.78. The molecular formula is C12H18N4O. The van der Waals surface area contributed by atoms with E-state index in [-0.39, 0.29) is 0 Å². The first-order valence-electron chi connectivity index (χ1n) is 5.88. The van der Waals surface area contributed by atoms with E-state index in [1.807, 2.05) is 20.0 Å². The van der Waals surface area contributed by atoms with Crippen molar-refractivity contribution >= 4 is 0 Å². The maximum absolute atomic E-state index is 5.11. The molecule has 2 heterocycles. The zero-order chi connectivity index (χ0) is 12.1. The molecule has 0 atom stereocenters. The largest absolute Gasteiger partial charge is 0.361 e. The Balaban J connectivity index is 1.67. The molecular weight excluding hydrogens is 216 g/mol. The van der Waals surface area contributed by atoms with Crippen molar-refractivity contribution in [1.82, 2.24) is 20.4 Å². The quantitative estimate of drug-likeness (QED) is 0.747. The fourth-order valence-electron chi connectivity index (χ4n) is 1.78. The molecule has 2 aromatic heterocycles. The topological polar surface area (TPSA) is 66.7 Å². The summed E-state index contributed by atoms with van der Waals surface area (Å²) in [5, 5.41) is 7.32. The van der Waals surface area contributed by atoms with Crippen LogP contribution in [-0.2, 0) is 13.0 Å². The van der Waals surface area contributed by atoms with Crippen LogP contribution in [0.15, 0.2) is 16.9 Å². The summed E-state index contributed by atoms with van der Waals surface area (Å²) < 4.78 is 5.11. The number of hydrogen-bond acceptors (Lipinski definition) is 4. The number of hydrogen-bond donors (Lipinski definition) is 2. The number of aryl methyl sites for hydroxylation is 3. The van der Waals surface area contributed by atoms with Gasteiger partial charge >= 0.3 is 0 Å². The van der Waals surface area contributed by atoms with Crippen LogP contribution in [0.3, 0.4) is 0 Å². The molecule has 17 heavy (non-hydrogen) atoms. The molecule has 2 rings (SSSR count). The van der Waals surface area contributed by atoms with Gasteiger partial charge in [-0.3, -0.25) is 0 Å². The molecule has 2 N–H and O–H groups in total. The minimum atomic E-state index is 0.819. The van der Waals surface area contributed by atoms with Crippen LogP contribution in [-0.4, -0.2) is 21.7 Å². The van der Waals surface area contributed by atoms with Crippen LogP contribution in [0.4, 0.5) is 0 Å². The molecule has 0 aliphatic carbocycles. The molecule has 0 aliphatic rings. The minimum Gasteiger partial charge on any atom is -0.361 e. The summed E-state index contributed by atoms with van der Waals surface area (Å²) in [6, 6.07) is 0. The van der Waals surface area contributed by atoms with Crippen LogP contribution >= 0.6 is 0 Å². The van der Waals surface area contributed by atoms with Gasteiger partial charge in [0.15, 0.2) is 0 Å². The third-order valence-corrected chi connectivity index (χ3v) is 2.80. The van der Waals surface area contributed by atoms with E-state index < -0.39 is 0 Å². The molecule has 0 spiro atoms. The van der Waals surface area contributed by atoms with Crippen molar-refractivity contribution < 1.29 is 4.52 Å². The normalized spacial score (nSPS) is 10.9. The SMILES string of the molecule is Cc1noc(C)c1CNCCCc1ncc[nH]1. The Hall–Kier alpha value is -1.62. The zero-order valence-electron chi connectivity index (χ0n) is 10.3. The van der Waals surface area contributed by atoms with E-state index in [9.17, 15) is 0 Å². The molecule has 0 fully saturated rings. The summed E-state index contributed by atoms with van der Waals surface area (Å²) >= 11 is 0. The van der Waals surface area contributed by atoms with Crippen LogP contribution in [0.1, 0.15) is 29.3 Å². The number of imidazole rings is 1. The molecule has 0 saturated heterocycles. The number of H-pyrrole nitrogens is 1. The van der Waals surface area contributed by atoms with Gasteiger partial charge in [-0.25, -0.2) is 4.98 Å². The van der Waals surface area contributed by atoms with Gasteiger partial charge in [-0.2, -0.15) is 0 Å². The highest BCUT2D eigenvalue weighted by Crippen LogP contribution is 2.11. The summed E-state index contributed by atoms with van der Waals surface area (Å²) in [6.45, 7) is 5.69. The smallest absolute Gasteiger partial charge is 0.138 e. The van der Waals surface area contributed by atoms with Crippen molar-refractivity contribution in [3.05, 3.63) is 35.2 Å². The van der Waals surface area contributed by atoms with Gasteiger partial charge in [-0.05, 0) is 26.8 Å². The summed E-state index contributed by atoms with van der Waals surface area (Å²) in [6.07, 6.45) is 5.68. The lowest BCUT2D eigenvalue weighted by Crippen LogP contribution is -2.16. The average Bonchev–Trinajstić information content (AvgIpc) is 2.92. The van der Waals surface area contributed by atoms with E-state index in [2.05, 4.69) is 20.4 Å². The van der Waals surface area contributed by atoms with Gasteiger partial charge in [0.25, 0.3) is 0 Å². The molecule has 0 unspecified atom stereocenters. The minimum absolute atomic E-state index is 0.819. The van der Waals surface area contributed by atoms with E-state index in [1.165, 1.54) is 5.56 Å². The van der Waals surface area contributed by atoms with Gasteiger partial charge in [-0.15, -0.1) is 0 Å². The molecule has 0 radical (unpaired) electrons. The maximum Gasteiger partial charge on any atom is 0.138 e. The van der Waals surface area contributed by atoms with Gasteiger partial charge in [-0.1, -0.05) is 5.16 Å². The highest BCUT2D eigenvalue weighted by molar-refractivity contribution is 5.20. The summed E-state index contributed by atoms with van der Waals surface area (Å²) in [4.78, 5) is 7.28. The van der Waals surface area contributed by atoms with Crippen LogP contribution in [0.25, 0.3) is 0 Å². The average molecular weight is 234 g/mol. The lowest BCUT2D eigenvalue weighted by Gasteiger charge is -2.03. The fraction of sp³-hybridized carbons (Fsp3) is 0.500. The van der Waals surface area contributed by atoms with Gasteiger partial charge in [0.1, 0.15) is 11.6 Å². The van der Waals surface area contributed by atoms with Gasteiger partial charge in [0, 0.05) is 30.9 Å². The van der Waals surface area contributed by atoms with E-state index >= 15 is 0 Å². The van der Waals surface area contributed by atoms with Crippen molar-refractivity contribution in [2.75, 3.05) is 6.54 Å². The van der Waals surface area contributed by atoms with Crippen LogP contribution < -0.4 is 5.32 Å². The first kappa shape index (κ1) is 11.9. The van der Waals surface area contributed by atoms with Gasteiger partial charge < -0.3 is 14.8 Å². The lowest BCUT2D eigenvalue weighted by atomic mass is 10.2. The first-order chi connectivity index (χ1) is 8.27. The van der Waals surface area contributed by atoms with E-state index in [0.717, 1.165) is 43.2 Å². The van der Waals surface area contributed by atoms with Crippen molar-refractivity contribution in [2.24, 2.45) is 0 Å². The van der Waals surface area contributed by atoms with Gasteiger partial charge in [0.05, 0.1) is 5.69 Å². The molecule has 0 aromatic carbocycles. The standard InChI is InChI=1S/C12H18N4O/c1-9-11(10(2)17-16-9)8-13-5-3-4-12-14-6-7-15-12/h6-7,13H,3-5,8H2,1-2H3,(H,14,15). The molecule has 2 aromatic rings. The number of nitrogens with zero attached hydrogens (tertiary/aromatic N) is 2. The van der Waals surface area contributed by atoms with Crippen molar-refractivity contribution in [1.29, 1.82) is 0 Å². The van der Waals surface area contributed by atoms with Crippen molar-refractivity contribution in [3.8, 4) is 0 Å². The highest BCUT2D eigenvalue weighted by Gasteiger charge is 2.07. The van der Waals surface area contributed by atoms with E-state index in [1.54, 1.807) is 6.20 Å². The second-order valence-electron chi connectivity index (χ2n) is 4.12. The Morgan fingerprint density at radius 2 is 2.29 bits per heavy atom. The monoisotopic (exact) mass is 234 g/mol. The Morgan fingerprint density at radius 3 is 2.94 bits per heavy atom. The first-order valence-corrected chi connectivity index (χ1v) is 5.88. The second kappa shape index (κ2) is 5.63. The van der Waals surface area contributed by atoms with Crippen LogP contribution in [0.5, 0.6) is 0 Å². The molecule has 0 amide bonds. The summed E-state index contributed by atoms with van der Waals surface area (Å²) in [5.41, 5.74) is 2.14. The predicted octanol–water partition coefficient (Wildman–Crippen LogP) is 1.74. The van der Waals surface area contributed by atoms with Crippen molar-refractivity contribution in [2.45, 2.75) is 33.2 Å². The molecule has 0 bridgehead atoms. The van der Waals surface area contributed by atoms with Crippen LogP contribution in [0.2, 0.25) is 0 Å². The second-order valence-corrected chi connectivity index (χ2v) is 4.12. The molecule has 0 saturated carbocycles. The van der Waals surface area contributed by atoms with Crippen molar-refractivity contribution in [3.63, 3.8) is 0 Å². The molecule has 0 aliphatic heterocycles. The number of nitrogens with one attached hydrogen (secondary N) is 2. The van der Waals surface area contributed by atoms with Crippen LogP contribution in [0, 0.1) is 13.8 Å². The maximum atomic E-state index is 5.11. The lowest BCUT2D eigenvalue weighted by molar-refractivity contribution is 0.392. The zero-order valence-corrected chi connectivity index (χ0v) is 10.3. The van der Waals surface area contributed by atoms with E-state index in [4.69, 9.17) is 4.52 Å². The molecule has 5 heteroatoms.